The molecule has 6 nitrogen and oxygen atoms in total. The lowest BCUT2D eigenvalue weighted by Crippen LogP contribution is -2.39. The molecule has 3 heterocycles. The quantitative estimate of drug-likeness (QED) is 0.917. The summed E-state index contributed by atoms with van der Waals surface area (Å²) in [5, 5.41) is 6.52. The lowest BCUT2D eigenvalue weighted by Gasteiger charge is -2.34. The zero-order chi connectivity index (χ0) is 14.8. The summed E-state index contributed by atoms with van der Waals surface area (Å²) in [6.45, 7) is 0.475. The van der Waals surface area contributed by atoms with E-state index in [2.05, 4.69) is 20.2 Å². The molecular weight excluding hydrogens is 280 g/mol. The maximum absolute atomic E-state index is 13.7. The molecular formula is C13H13F2N5O. The Balaban J connectivity index is 1.91. The van der Waals surface area contributed by atoms with Crippen molar-refractivity contribution >= 4 is 5.91 Å². The van der Waals surface area contributed by atoms with Crippen molar-refractivity contribution in [3.05, 3.63) is 41.7 Å². The fraction of sp³-hybridized carbons (Fsp3) is 0.385. The number of hydrogen-bond acceptors (Lipinski definition) is 4. The summed E-state index contributed by atoms with van der Waals surface area (Å²) in [6, 6.07) is 0.369. The molecule has 1 amide bonds. The average Bonchev–Trinajstić information content (AvgIpc) is 3.01. The van der Waals surface area contributed by atoms with E-state index in [1.807, 2.05) is 0 Å². The highest BCUT2D eigenvalue weighted by atomic mass is 19.1. The van der Waals surface area contributed by atoms with Crippen LogP contribution in [0.15, 0.2) is 18.6 Å². The van der Waals surface area contributed by atoms with Gasteiger partial charge in [0.25, 0.3) is 5.91 Å². The molecule has 110 valence electrons. The van der Waals surface area contributed by atoms with Crippen molar-refractivity contribution in [1.29, 1.82) is 0 Å². The molecule has 1 aliphatic rings. The summed E-state index contributed by atoms with van der Waals surface area (Å²) in [7, 11) is 0. The Kier molecular flexibility index (Phi) is 3.59. The molecule has 0 unspecified atom stereocenters. The average molecular weight is 293 g/mol. The second kappa shape index (κ2) is 5.55. The van der Waals surface area contributed by atoms with Crippen LogP contribution in [0.4, 0.5) is 8.78 Å². The second-order valence-corrected chi connectivity index (χ2v) is 4.86. The number of piperidine rings is 1. The van der Waals surface area contributed by atoms with E-state index in [1.165, 1.54) is 11.2 Å². The minimum Gasteiger partial charge on any atom is -0.327 e. The van der Waals surface area contributed by atoms with Crippen LogP contribution in [0.2, 0.25) is 0 Å². The summed E-state index contributed by atoms with van der Waals surface area (Å²) in [4.78, 5) is 21.6. The van der Waals surface area contributed by atoms with Crippen molar-refractivity contribution in [3.63, 3.8) is 0 Å². The molecule has 1 saturated heterocycles. The first-order valence-corrected chi connectivity index (χ1v) is 6.64. The third-order valence-electron chi connectivity index (χ3n) is 3.52. The SMILES string of the molecule is O=C(c1ncc(F)cc1F)N1CCCC[C@@H]1c1ncn[nH]1. The lowest BCUT2D eigenvalue weighted by atomic mass is 10.0. The fourth-order valence-electron chi connectivity index (χ4n) is 2.54. The van der Waals surface area contributed by atoms with Crippen molar-refractivity contribution in [2.45, 2.75) is 25.3 Å². The van der Waals surface area contributed by atoms with E-state index in [4.69, 9.17) is 0 Å². The van der Waals surface area contributed by atoms with Crippen LogP contribution in [0.25, 0.3) is 0 Å². The number of halogens is 2. The molecule has 0 radical (unpaired) electrons. The van der Waals surface area contributed by atoms with E-state index in [0.29, 0.717) is 24.9 Å². The number of nitrogens with zero attached hydrogens (tertiary/aromatic N) is 4. The molecule has 1 aliphatic heterocycles. The Hall–Kier alpha value is -2.38. The van der Waals surface area contributed by atoms with Crippen molar-refractivity contribution in [1.82, 2.24) is 25.1 Å². The van der Waals surface area contributed by atoms with E-state index in [0.717, 1.165) is 19.0 Å². The van der Waals surface area contributed by atoms with Gasteiger partial charge in [-0.2, -0.15) is 5.10 Å². The highest BCUT2D eigenvalue weighted by Gasteiger charge is 2.32. The largest absolute Gasteiger partial charge is 0.327 e. The maximum atomic E-state index is 13.7. The van der Waals surface area contributed by atoms with Crippen molar-refractivity contribution < 1.29 is 13.6 Å². The van der Waals surface area contributed by atoms with E-state index in [-0.39, 0.29) is 11.7 Å². The van der Waals surface area contributed by atoms with Gasteiger partial charge in [0, 0.05) is 12.6 Å². The van der Waals surface area contributed by atoms with Gasteiger partial charge in [-0.25, -0.2) is 18.7 Å². The number of H-pyrrole nitrogens is 1. The first kappa shape index (κ1) is 13.6. The van der Waals surface area contributed by atoms with Crippen LogP contribution in [-0.4, -0.2) is 37.5 Å². The number of hydrogen-bond donors (Lipinski definition) is 1. The highest BCUT2D eigenvalue weighted by molar-refractivity contribution is 5.92. The van der Waals surface area contributed by atoms with Gasteiger partial charge in [0.2, 0.25) is 0 Å². The van der Waals surface area contributed by atoms with Gasteiger partial charge < -0.3 is 4.90 Å². The third-order valence-corrected chi connectivity index (χ3v) is 3.52. The van der Waals surface area contributed by atoms with Gasteiger partial charge in [0.05, 0.1) is 12.2 Å². The predicted molar refractivity (Wildman–Crippen MR) is 68.2 cm³/mol. The van der Waals surface area contributed by atoms with Crippen LogP contribution < -0.4 is 0 Å². The zero-order valence-corrected chi connectivity index (χ0v) is 11.1. The summed E-state index contributed by atoms with van der Waals surface area (Å²) < 4.78 is 26.6. The van der Waals surface area contributed by atoms with Gasteiger partial charge in [-0.05, 0) is 19.3 Å². The van der Waals surface area contributed by atoms with E-state index in [9.17, 15) is 13.6 Å². The van der Waals surface area contributed by atoms with Crippen molar-refractivity contribution in [2.75, 3.05) is 6.54 Å². The molecule has 21 heavy (non-hydrogen) atoms. The number of nitrogens with one attached hydrogen (secondary N) is 1. The van der Waals surface area contributed by atoms with Gasteiger partial charge in [-0.3, -0.25) is 9.89 Å². The predicted octanol–water partition coefficient (Wildman–Crippen LogP) is 1.85. The first-order chi connectivity index (χ1) is 10.2. The molecule has 3 rings (SSSR count). The number of carbonyl (C=O) groups excluding carboxylic acids is 1. The van der Waals surface area contributed by atoms with Crippen LogP contribution in [0.3, 0.4) is 0 Å². The van der Waals surface area contributed by atoms with Crippen LogP contribution in [0, 0.1) is 11.6 Å². The molecule has 0 aliphatic carbocycles. The van der Waals surface area contributed by atoms with Gasteiger partial charge in [0.15, 0.2) is 11.5 Å². The third kappa shape index (κ3) is 2.61. The van der Waals surface area contributed by atoms with E-state index >= 15 is 0 Å². The number of aromatic nitrogens is 4. The number of carbonyl (C=O) groups is 1. The normalized spacial score (nSPS) is 18.8. The second-order valence-electron chi connectivity index (χ2n) is 4.86. The molecule has 0 aromatic carbocycles. The topological polar surface area (TPSA) is 74.8 Å². The van der Waals surface area contributed by atoms with Crippen LogP contribution in [0.5, 0.6) is 0 Å². The van der Waals surface area contributed by atoms with Gasteiger partial charge in [-0.15, -0.1) is 0 Å². The summed E-state index contributed by atoms with van der Waals surface area (Å²) >= 11 is 0. The molecule has 2 aromatic heterocycles. The zero-order valence-electron chi connectivity index (χ0n) is 11.1. The Morgan fingerprint density at radius 3 is 2.90 bits per heavy atom. The smallest absolute Gasteiger partial charge is 0.276 e. The molecule has 0 saturated carbocycles. The van der Waals surface area contributed by atoms with Gasteiger partial charge in [0.1, 0.15) is 18.0 Å². The van der Waals surface area contributed by atoms with Crippen LogP contribution in [0.1, 0.15) is 41.6 Å². The first-order valence-electron chi connectivity index (χ1n) is 6.64. The number of likely N-dealkylation sites (tertiary alicyclic amines) is 1. The standard InChI is InChI=1S/C13H13F2N5O/c14-8-5-9(15)11(16-6-8)13(21)20-4-2-1-3-10(20)12-17-7-18-19-12/h5-7,10H,1-4H2,(H,17,18,19)/t10-/m1/s1. The molecule has 1 N–H and O–H groups in total. The molecule has 2 aromatic rings. The minimum absolute atomic E-state index is 0.292. The highest BCUT2D eigenvalue weighted by Crippen LogP contribution is 2.29. The molecule has 1 atom stereocenters. The summed E-state index contributed by atoms with van der Waals surface area (Å²) in [5.41, 5.74) is -0.372. The summed E-state index contributed by atoms with van der Waals surface area (Å²) in [6.07, 6.45) is 4.67. The number of pyridine rings is 1. The molecule has 8 heteroatoms. The number of amides is 1. The van der Waals surface area contributed by atoms with Crippen LogP contribution in [-0.2, 0) is 0 Å². The molecule has 1 fully saturated rings. The molecule has 0 bridgehead atoms. The monoisotopic (exact) mass is 293 g/mol. The Labute approximate surface area is 119 Å². The maximum Gasteiger partial charge on any atom is 0.276 e. The van der Waals surface area contributed by atoms with E-state index in [1.54, 1.807) is 0 Å². The van der Waals surface area contributed by atoms with Crippen LogP contribution >= 0.6 is 0 Å². The Bertz CT molecular complexity index is 646. The number of aromatic amines is 1. The van der Waals surface area contributed by atoms with Gasteiger partial charge >= 0.3 is 0 Å². The number of rotatable bonds is 2. The Morgan fingerprint density at radius 2 is 2.19 bits per heavy atom. The minimum atomic E-state index is -0.957. The fourth-order valence-corrected chi connectivity index (χ4v) is 2.54. The summed E-state index contributed by atoms with van der Waals surface area (Å²) in [5.74, 6) is -1.77. The molecule has 0 spiro atoms. The van der Waals surface area contributed by atoms with Gasteiger partial charge in [-0.1, -0.05) is 0 Å². The van der Waals surface area contributed by atoms with E-state index < -0.39 is 17.5 Å². The van der Waals surface area contributed by atoms with Crippen molar-refractivity contribution in [3.8, 4) is 0 Å². The van der Waals surface area contributed by atoms with Crippen molar-refractivity contribution in [2.24, 2.45) is 0 Å². The lowest BCUT2D eigenvalue weighted by molar-refractivity contribution is 0.0588. The Morgan fingerprint density at radius 1 is 1.33 bits per heavy atom.